The highest BCUT2D eigenvalue weighted by Crippen LogP contribution is 2.31. The van der Waals surface area contributed by atoms with Gasteiger partial charge in [-0.1, -0.05) is 12.8 Å². The summed E-state index contributed by atoms with van der Waals surface area (Å²) in [6, 6.07) is 0.304. The number of nitrogens with zero attached hydrogens (tertiary/aromatic N) is 4. The second-order valence-electron chi connectivity index (χ2n) is 5.11. The van der Waals surface area contributed by atoms with Crippen LogP contribution in [0.15, 0.2) is 18.6 Å². The molecule has 6 heteroatoms. The third kappa shape index (κ3) is 2.17. The van der Waals surface area contributed by atoms with Gasteiger partial charge in [0.2, 0.25) is 0 Å². The fourth-order valence-electron chi connectivity index (χ4n) is 2.72. The molecule has 1 aliphatic rings. The van der Waals surface area contributed by atoms with Crippen LogP contribution in [0.1, 0.15) is 47.8 Å². The van der Waals surface area contributed by atoms with Crippen molar-refractivity contribution in [2.24, 2.45) is 0 Å². The van der Waals surface area contributed by atoms with Gasteiger partial charge in [-0.05, 0) is 19.8 Å². The van der Waals surface area contributed by atoms with Gasteiger partial charge in [0.05, 0.1) is 11.7 Å². The number of hydrogen-bond donors (Lipinski definition) is 1. The summed E-state index contributed by atoms with van der Waals surface area (Å²) in [5.74, 6) is -0.977. The fraction of sp³-hybridized carbons (Fsp3) is 0.429. The van der Waals surface area contributed by atoms with Gasteiger partial charge in [0.1, 0.15) is 17.0 Å². The SMILES string of the molecule is Cc1nccnc1-c1nn(C2CCCC2)cc1C(=O)O. The monoisotopic (exact) mass is 272 g/mol. The van der Waals surface area contributed by atoms with Gasteiger partial charge in [0.25, 0.3) is 0 Å². The summed E-state index contributed by atoms with van der Waals surface area (Å²) >= 11 is 0. The number of hydrogen-bond acceptors (Lipinski definition) is 4. The zero-order valence-electron chi connectivity index (χ0n) is 11.3. The number of rotatable bonds is 3. The maximum atomic E-state index is 11.4. The highest BCUT2D eigenvalue weighted by Gasteiger charge is 2.24. The molecule has 2 heterocycles. The van der Waals surface area contributed by atoms with Crippen LogP contribution in [0.25, 0.3) is 11.4 Å². The standard InChI is InChI=1S/C14H16N4O2/c1-9-12(16-7-6-15-9)13-11(14(19)20)8-18(17-13)10-4-2-3-5-10/h6-8,10H,2-5H2,1H3,(H,19,20). The maximum absolute atomic E-state index is 11.4. The van der Waals surface area contributed by atoms with E-state index in [0.29, 0.717) is 23.1 Å². The first-order valence-corrected chi connectivity index (χ1v) is 6.77. The van der Waals surface area contributed by atoms with Gasteiger partial charge in [-0.2, -0.15) is 5.10 Å². The Morgan fingerprint density at radius 1 is 1.25 bits per heavy atom. The fourth-order valence-corrected chi connectivity index (χ4v) is 2.72. The molecule has 6 nitrogen and oxygen atoms in total. The molecule has 1 aliphatic carbocycles. The van der Waals surface area contributed by atoms with Crippen molar-refractivity contribution in [1.29, 1.82) is 0 Å². The first kappa shape index (κ1) is 12.8. The summed E-state index contributed by atoms with van der Waals surface area (Å²) in [5, 5.41) is 13.9. The summed E-state index contributed by atoms with van der Waals surface area (Å²) < 4.78 is 1.79. The van der Waals surface area contributed by atoms with Gasteiger partial charge in [0, 0.05) is 18.6 Å². The summed E-state index contributed by atoms with van der Waals surface area (Å²) in [7, 11) is 0. The molecule has 0 radical (unpaired) electrons. The van der Waals surface area contributed by atoms with Gasteiger partial charge in [-0.3, -0.25) is 14.6 Å². The Kier molecular flexibility index (Phi) is 3.22. The van der Waals surface area contributed by atoms with Crippen LogP contribution in [0, 0.1) is 6.92 Å². The molecule has 3 rings (SSSR count). The minimum Gasteiger partial charge on any atom is -0.478 e. The molecule has 1 N–H and O–H groups in total. The van der Waals surface area contributed by atoms with E-state index in [1.54, 1.807) is 23.3 Å². The lowest BCUT2D eigenvalue weighted by Crippen LogP contribution is -2.05. The molecule has 2 aromatic heterocycles. The molecular weight excluding hydrogens is 256 g/mol. The Morgan fingerprint density at radius 2 is 1.95 bits per heavy atom. The Labute approximate surface area is 116 Å². The average molecular weight is 272 g/mol. The minimum atomic E-state index is -0.977. The predicted molar refractivity (Wildman–Crippen MR) is 72.5 cm³/mol. The third-order valence-electron chi connectivity index (χ3n) is 3.77. The summed E-state index contributed by atoms with van der Waals surface area (Å²) in [5.41, 5.74) is 1.84. The molecule has 0 aliphatic heterocycles. The van der Waals surface area contributed by atoms with E-state index in [-0.39, 0.29) is 5.56 Å². The lowest BCUT2D eigenvalue weighted by atomic mass is 10.1. The molecule has 0 aromatic carbocycles. The molecule has 0 unspecified atom stereocenters. The van der Waals surface area contributed by atoms with E-state index in [0.717, 1.165) is 12.8 Å². The van der Waals surface area contributed by atoms with Gasteiger partial charge in [0.15, 0.2) is 0 Å². The van der Waals surface area contributed by atoms with Gasteiger partial charge < -0.3 is 5.11 Å². The van der Waals surface area contributed by atoms with Crippen LogP contribution in [0.3, 0.4) is 0 Å². The Balaban J connectivity index is 2.09. The Hall–Kier alpha value is -2.24. The van der Waals surface area contributed by atoms with Gasteiger partial charge in [-0.25, -0.2) is 4.79 Å². The van der Waals surface area contributed by atoms with Crippen molar-refractivity contribution in [3.8, 4) is 11.4 Å². The number of aryl methyl sites for hydroxylation is 1. The zero-order chi connectivity index (χ0) is 14.1. The first-order chi connectivity index (χ1) is 9.66. The van der Waals surface area contributed by atoms with E-state index >= 15 is 0 Å². The molecule has 20 heavy (non-hydrogen) atoms. The Bertz CT molecular complexity index is 644. The average Bonchev–Trinajstić information content (AvgIpc) is 3.08. The zero-order valence-corrected chi connectivity index (χ0v) is 11.3. The van der Waals surface area contributed by atoms with Crippen LogP contribution in [0.4, 0.5) is 0 Å². The van der Waals surface area contributed by atoms with Crippen molar-refractivity contribution in [1.82, 2.24) is 19.7 Å². The van der Waals surface area contributed by atoms with E-state index in [1.165, 1.54) is 12.8 Å². The quantitative estimate of drug-likeness (QED) is 0.928. The molecule has 0 amide bonds. The van der Waals surface area contributed by atoms with Crippen LogP contribution >= 0.6 is 0 Å². The van der Waals surface area contributed by atoms with Gasteiger partial charge >= 0.3 is 5.97 Å². The number of aromatic carboxylic acids is 1. The first-order valence-electron chi connectivity index (χ1n) is 6.77. The summed E-state index contributed by atoms with van der Waals surface area (Å²) in [4.78, 5) is 19.8. The van der Waals surface area contributed by atoms with Crippen LogP contribution in [0.5, 0.6) is 0 Å². The van der Waals surface area contributed by atoms with Crippen molar-refractivity contribution >= 4 is 5.97 Å². The van der Waals surface area contributed by atoms with Crippen LogP contribution in [-0.2, 0) is 0 Å². The maximum Gasteiger partial charge on any atom is 0.339 e. The van der Waals surface area contributed by atoms with Gasteiger partial charge in [-0.15, -0.1) is 0 Å². The molecule has 0 saturated heterocycles. The topological polar surface area (TPSA) is 80.9 Å². The van der Waals surface area contributed by atoms with E-state index < -0.39 is 5.97 Å². The van der Waals surface area contributed by atoms with E-state index in [4.69, 9.17) is 0 Å². The third-order valence-corrected chi connectivity index (χ3v) is 3.77. The lowest BCUT2D eigenvalue weighted by Gasteiger charge is -2.08. The summed E-state index contributed by atoms with van der Waals surface area (Å²) in [6.45, 7) is 1.81. The van der Waals surface area contributed by atoms with Crippen molar-refractivity contribution in [2.75, 3.05) is 0 Å². The normalized spacial score (nSPS) is 15.7. The molecule has 1 fully saturated rings. The molecule has 2 aromatic rings. The molecule has 1 saturated carbocycles. The highest BCUT2D eigenvalue weighted by atomic mass is 16.4. The smallest absolute Gasteiger partial charge is 0.339 e. The van der Waals surface area contributed by atoms with Crippen molar-refractivity contribution in [3.63, 3.8) is 0 Å². The number of carboxylic acids is 1. The van der Waals surface area contributed by atoms with Crippen molar-refractivity contribution in [3.05, 3.63) is 29.8 Å². The summed E-state index contributed by atoms with van der Waals surface area (Å²) in [6.07, 6.45) is 9.23. The molecule has 0 spiro atoms. The molecule has 104 valence electrons. The van der Waals surface area contributed by atoms with E-state index in [1.807, 2.05) is 6.92 Å². The minimum absolute atomic E-state index is 0.195. The van der Waals surface area contributed by atoms with Crippen molar-refractivity contribution in [2.45, 2.75) is 38.6 Å². The number of aromatic nitrogens is 4. The number of carbonyl (C=O) groups is 1. The van der Waals surface area contributed by atoms with E-state index in [9.17, 15) is 9.90 Å². The van der Waals surface area contributed by atoms with E-state index in [2.05, 4.69) is 15.1 Å². The van der Waals surface area contributed by atoms with Crippen LogP contribution < -0.4 is 0 Å². The molecule has 0 bridgehead atoms. The predicted octanol–water partition coefficient (Wildman–Crippen LogP) is 2.46. The van der Waals surface area contributed by atoms with Crippen LogP contribution in [0.2, 0.25) is 0 Å². The molecular formula is C14H16N4O2. The number of carboxylic acid groups (broad SMARTS) is 1. The lowest BCUT2D eigenvalue weighted by molar-refractivity contribution is 0.0697. The van der Waals surface area contributed by atoms with Crippen LogP contribution in [-0.4, -0.2) is 30.8 Å². The Morgan fingerprint density at radius 3 is 2.60 bits per heavy atom. The van der Waals surface area contributed by atoms with Crippen molar-refractivity contribution < 1.29 is 9.90 Å². The highest BCUT2D eigenvalue weighted by molar-refractivity contribution is 5.94. The second-order valence-corrected chi connectivity index (χ2v) is 5.11. The largest absolute Gasteiger partial charge is 0.478 e. The second kappa shape index (κ2) is 5.03. The molecule has 0 atom stereocenters.